The van der Waals surface area contributed by atoms with Gasteiger partial charge in [0.25, 0.3) is 0 Å². The fourth-order valence-electron chi connectivity index (χ4n) is 5.33. The van der Waals surface area contributed by atoms with Crippen LogP contribution in [0.4, 0.5) is 5.69 Å². The number of para-hydroxylation sites is 1. The van der Waals surface area contributed by atoms with Crippen LogP contribution in [0.15, 0.2) is 77.3 Å². The summed E-state index contributed by atoms with van der Waals surface area (Å²) in [7, 11) is 0. The Bertz CT molecular complexity index is 1290. The molecule has 0 aromatic heterocycles. The number of hydrogen-bond acceptors (Lipinski definition) is 4. The molecule has 3 aromatic carbocycles. The van der Waals surface area contributed by atoms with Gasteiger partial charge in [-0.05, 0) is 61.0 Å². The summed E-state index contributed by atoms with van der Waals surface area (Å²) >= 11 is 9.39. The van der Waals surface area contributed by atoms with Crippen molar-refractivity contribution >= 4 is 50.9 Å². The summed E-state index contributed by atoms with van der Waals surface area (Å²) in [5.74, 6) is -1.76. The van der Waals surface area contributed by atoms with Gasteiger partial charge in [-0.3, -0.25) is 14.4 Å². The fraction of sp³-hybridized carbons (Fsp3) is 0.192. The van der Waals surface area contributed by atoms with Gasteiger partial charge in [-0.1, -0.05) is 52.7 Å². The van der Waals surface area contributed by atoms with E-state index in [0.29, 0.717) is 27.6 Å². The molecule has 1 fully saturated rings. The second-order valence-corrected chi connectivity index (χ2v) is 9.64. The minimum absolute atomic E-state index is 0.272. The molecular weight excluding hydrogens is 506 g/mol. The van der Waals surface area contributed by atoms with E-state index in [0.717, 1.165) is 4.47 Å². The molecule has 5 rings (SSSR count). The van der Waals surface area contributed by atoms with E-state index in [-0.39, 0.29) is 12.2 Å². The average molecular weight is 525 g/mol. The lowest BCUT2D eigenvalue weighted by Crippen LogP contribution is -2.42. The van der Waals surface area contributed by atoms with E-state index in [1.54, 1.807) is 60.7 Å². The number of carbonyl (C=O) groups is 3. The molecule has 1 aliphatic heterocycles. The van der Waals surface area contributed by atoms with Crippen molar-refractivity contribution in [1.82, 2.24) is 0 Å². The zero-order valence-electron chi connectivity index (χ0n) is 17.6. The van der Waals surface area contributed by atoms with Crippen LogP contribution in [0, 0.1) is 10.8 Å². The van der Waals surface area contributed by atoms with E-state index in [9.17, 15) is 14.4 Å². The lowest BCUT2D eigenvalue weighted by molar-refractivity contribution is -0.147. The molecule has 0 radical (unpaired) electrons. The Morgan fingerprint density at radius 3 is 2.36 bits per heavy atom. The molecule has 0 spiro atoms. The fourth-order valence-corrected chi connectivity index (χ4v) is 5.72. The molecule has 0 unspecified atom stereocenters. The monoisotopic (exact) mass is 523 g/mol. The van der Waals surface area contributed by atoms with E-state index >= 15 is 0 Å². The van der Waals surface area contributed by atoms with Gasteiger partial charge in [-0.2, -0.15) is 0 Å². The number of fused-ring (bicyclic) bond motifs is 3. The Balaban J connectivity index is 1.66. The maximum absolute atomic E-state index is 14.0. The van der Waals surface area contributed by atoms with Crippen LogP contribution in [-0.4, -0.2) is 17.7 Å². The van der Waals surface area contributed by atoms with Crippen molar-refractivity contribution in [3.05, 3.63) is 93.4 Å². The molecule has 1 N–H and O–H groups in total. The van der Waals surface area contributed by atoms with Gasteiger partial charge >= 0.3 is 5.97 Å². The molecule has 0 saturated heterocycles. The molecule has 1 aliphatic carbocycles. The normalized spacial score (nSPS) is 24.8. The number of esters is 1. The van der Waals surface area contributed by atoms with Crippen molar-refractivity contribution in [2.45, 2.75) is 19.3 Å². The average Bonchev–Trinajstić information content (AvgIpc) is 3.47. The first-order valence-electron chi connectivity index (χ1n) is 10.5. The Hall–Kier alpha value is -2.96. The second kappa shape index (κ2) is 7.82. The van der Waals surface area contributed by atoms with E-state index < -0.39 is 28.6 Å². The van der Waals surface area contributed by atoms with Crippen LogP contribution in [0.2, 0.25) is 5.02 Å². The Kier molecular flexibility index (Phi) is 5.18. The predicted molar refractivity (Wildman–Crippen MR) is 129 cm³/mol. The lowest BCUT2D eigenvalue weighted by atomic mass is 9.82. The van der Waals surface area contributed by atoms with Gasteiger partial charge in [0.2, 0.25) is 5.91 Å². The van der Waals surface area contributed by atoms with E-state index in [1.807, 2.05) is 19.1 Å². The Labute approximate surface area is 204 Å². The number of ether oxygens (including phenoxy) is 1. The van der Waals surface area contributed by atoms with Gasteiger partial charge in [0.15, 0.2) is 11.2 Å². The van der Waals surface area contributed by atoms with Crippen LogP contribution in [0.5, 0.6) is 5.75 Å². The SMILES string of the molecule is CC[C@@]1(C(=O)c2ccc(Cl)cc2)[C@H]2c3ccccc3OC(=O)[C@@]21C(=O)Nc1ccc(Br)cc1. The summed E-state index contributed by atoms with van der Waals surface area (Å²) in [5, 5.41) is 3.35. The highest BCUT2D eigenvalue weighted by Gasteiger charge is 2.89. The molecule has 2 aliphatic rings. The minimum Gasteiger partial charge on any atom is -0.425 e. The summed E-state index contributed by atoms with van der Waals surface area (Å²) < 4.78 is 6.51. The molecule has 0 bridgehead atoms. The van der Waals surface area contributed by atoms with Gasteiger partial charge in [-0.25, -0.2) is 0 Å². The summed E-state index contributed by atoms with van der Waals surface area (Å²) in [5.41, 5.74) is -1.33. The Morgan fingerprint density at radius 1 is 1.03 bits per heavy atom. The lowest BCUT2D eigenvalue weighted by Gasteiger charge is -2.24. The third-order valence-corrected chi connectivity index (χ3v) is 7.61. The van der Waals surface area contributed by atoms with Crippen LogP contribution >= 0.6 is 27.5 Å². The molecule has 166 valence electrons. The van der Waals surface area contributed by atoms with E-state index in [4.69, 9.17) is 16.3 Å². The number of carbonyl (C=O) groups excluding carboxylic acids is 3. The predicted octanol–water partition coefficient (Wildman–Crippen LogP) is 6.02. The molecule has 1 amide bonds. The van der Waals surface area contributed by atoms with Crippen molar-refractivity contribution < 1.29 is 19.1 Å². The zero-order valence-corrected chi connectivity index (χ0v) is 19.9. The highest BCUT2D eigenvalue weighted by Crippen LogP contribution is 2.80. The number of amides is 1. The number of halogens is 2. The molecule has 1 saturated carbocycles. The molecule has 7 heteroatoms. The molecular formula is C26H19BrClNO4. The van der Waals surface area contributed by atoms with Crippen molar-refractivity contribution in [1.29, 1.82) is 0 Å². The van der Waals surface area contributed by atoms with Crippen molar-refractivity contribution in [2.75, 3.05) is 5.32 Å². The van der Waals surface area contributed by atoms with Crippen molar-refractivity contribution in [2.24, 2.45) is 10.8 Å². The highest BCUT2D eigenvalue weighted by atomic mass is 79.9. The van der Waals surface area contributed by atoms with Crippen LogP contribution in [0.1, 0.15) is 35.2 Å². The molecule has 1 heterocycles. The third kappa shape index (κ3) is 3.01. The molecule has 3 atom stereocenters. The Morgan fingerprint density at radius 2 is 1.70 bits per heavy atom. The number of anilines is 1. The van der Waals surface area contributed by atoms with Crippen molar-refractivity contribution in [3.63, 3.8) is 0 Å². The van der Waals surface area contributed by atoms with Crippen molar-refractivity contribution in [3.8, 4) is 5.75 Å². The second-order valence-electron chi connectivity index (χ2n) is 8.29. The maximum Gasteiger partial charge on any atom is 0.328 e. The van der Waals surface area contributed by atoms with E-state index in [1.165, 1.54) is 0 Å². The number of hydrogen-bond donors (Lipinski definition) is 1. The number of rotatable bonds is 5. The molecule has 3 aromatic rings. The number of Topliss-reactive ketones (excluding diaryl/α,β-unsaturated/α-hetero) is 1. The first-order chi connectivity index (χ1) is 15.9. The first kappa shape index (κ1) is 21.9. The quantitative estimate of drug-likeness (QED) is 0.192. The van der Waals surface area contributed by atoms with Gasteiger partial charge < -0.3 is 10.1 Å². The molecule has 33 heavy (non-hydrogen) atoms. The smallest absolute Gasteiger partial charge is 0.328 e. The topological polar surface area (TPSA) is 72.5 Å². The van der Waals surface area contributed by atoms with Gasteiger partial charge in [-0.15, -0.1) is 0 Å². The van der Waals surface area contributed by atoms with Crippen LogP contribution in [0.3, 0.4) is 0 Å². The number of nitrogens with one attached hydrogen (secondary N) is 1. The third-order valence-electron chi connectivity index (χ3n) is 6.83. The zero-order chi connectivity index (χ0) is 23.4. The van der Waals surface area contributed by atoms with E-state index in [2.05, 4.69) is 21.2 Å². The summed E-state index contributed by atoms with van der Waals surface area (Å²) in [6.07, 6.45) is 0.288. The minimum atomic E-state index is -1.67. The number of benzene rings is 3. The first-order valence-corrected chi connectivity index (χ1v) is 11.7. The summed E-state index contributed by atoms with van der Waals surface area (Å²) in [4.78, 5) is 41.3. The largest absolute Gasteiger partial charge is 0.425 e. The standard InChI is InChI=1S/C26H19BrClNO4/c1-2-25(22(30)15-7-11-17(28)12-8-15)21-19-5-3-4-6-20(19)33-24(32)26(21,25)23(31)29-18-13-9-16(27)10-14-18/h3-14,21H,2H2,1H3,(H,29,31)/t21-,25+,26+/m1/s1. The van der Waals surface area contributed by atoms with Gasteiger partial charge in [0.1, 0.15) is 5.75 Å². The molecule has 5 nitrogen and oxygen atoms in total. The maximum atomic E-state index is 14.0. The summed E-state index contributed by atoms with van der Waals surface area (Å²) in [6.45, 7) is 1.83. The van der Waals surface area contributed by atoms with Crippen LogP contribution in [0.25, 0.3) is 0 Å². The highest BCUT2D eigenvalue weighted by molar-refractivity contribution is 9.10. The van der Waals surface area contributed by atoms with Crippen LogP contribution < -0.4 is 10.1 Å². The van der Waals surface area contributed by atoms with Crippen LogP contribution in [-0.2, 0) is 9.59 Å². The number of ketones is 1. The summed E-state index contributed by atoms with van der Waals surface area (Å²) in [6, 6.07) is 20.6. The van der Waals surface area contributed by atoms with Gasteiger partial charge in [0, 0.05) is 32.2 Å². The van der Waals surface area contributed by atoms with Gasteiger partial charge in [0.05, 0.1) is 5.41 Å².